The molecule has 1 atom stereocenters. The zero-order valence-electron chi connectivity index (χ0n) is 10.7. The molecule has 0 aromatic carbocycles. The molecule has 5 heteroatoms. The van der Waals surface area contributed by atoms with Gasteiger partial charge in [-0.3, -0.25) is 0 Å². The van der Waals surface area contributed by atoms with E-state index in [4.69, 9.17) is 9.26 Å². The lowest BCUT2D eigenvalue weighted by atomic mass is 10.1. The van der Waals surface area contributed by atoms with E-state index < -0.39 is 0 Å². The second kappa shape index (κ2) is 5.96. The summed E-state index contributed by atoms with van der Waals surface area (Å²) in [5.74, 6) is 1.55. The molecule has 0 aliphatic carbocycles. The molecule has 0 fully saturated rings. The summed E-state index contributed by atoms with van der Waals surface area (Å²) >= 11 is 0. The Kier molecular flexibility index (Phi) is 4.89. The van der Waals surface area contributed by atoms with Crippen LogP contribution in [-0.2, 0) is 11.3 Å². The quantitative estimate of drug-likeness (QED) is 0.804. The van der Waals surface area contributed by atoms with Gasteiger partial charge in [0.2, 0.25) is 11.7 Å². The van der Waals surface area contributed by atoms with Gasteiger partial charge < -0.3 is 14.6 Å². The monoisotopic (exact) mass is 227 g/mol. The normalized spacial score (nSPS) is 13.7. The van der Waals surface area contributed by atoms with Crippen molar-refractivity contribution in [2.75, 3.05) is 7.11 Å². The summed E-state index contributed by atoms with van der Waals surface area (Å²) in [6.07, 6.45) is -0.100. The van der Waals surface area contributed by atoms with E-state index in [1.807, 2.05) is 0 Å². The highest BCUT2D eigenvalue weighted by Crippen LogP contribution is 2.22. The first-order chi connectivity index (χ1) is 7.54. The van der Waals surface area contributed by atoms with Gasteiger partial charge in [-0.05, 0) is 5.92 Å². The van der Waals surface area contributed by atoms with E-state index in [2.05, 4.69) is 43.2 Å². The highest BCUT2D eigenvalue weighted by Gasteiger charge is 2.21. The second-order valence-electron chi connectivity index (χ2n) is 4.48. The van der Waals surface area contributed by atoms with Crippen LogP contribution in [0.25, 0.3) is 0 Å². The summed E-state index contributed by atoms with van der Waals surface area (Å²) in [6.45, 7) is 8.87. The predicted octanol–water partition coefficient (Wildman–Crippen LogP) is 1.91. The van der Waals surface area contributed by atoms with E-state index in [9.17, 15) is 0 Å². The Morgan fingerprint density at radius 1 is 1.31 bits per heavy atom. The Morgan fingerprint density at radius 3 is 2.50 bits per heavy atom. The Labute approximate surface area is 96.6 Å². The van der Waals surface area contributed by atoms with Crippen molar-refractivity contribution in [3.8, 4) is 0 Å². The first kappa shape index (κ1) is 13.1. The molecule has 0 saturated heterocycles. The average Bonchev–Trinajstić information content (AvgIpc) is 2.64. The summed E-state index contributed by atoms with van der Waals surface area (Å²) in [5.41, 5.74) is 0. The van der Waals surface area contributed by atoms with Gasteiger partial charge in [-0.25, -0.2) is 0 Å². The molecule has 0 spiro atoms. The van der Waals surface area contributed by atoms with Gasteiger partial charge in [-0.2, -0.15) is 4.98 Å². The molecule has 92 valence electrons. The third-order valence-corrected chi connectivity index (χ3v) is 2.26. The van der Waals surface area contributed by atoms with Crippen LogP contribution in [0.1, 0.15) is 45.5 Å². The number of hydrogen-bond donors (Lipinski definition) is 1. The highest BCUT2D eigenvalue weighted by atomic mass is 16.5. The lowest BCUT2D eigenvalue weighted by Crippen LogP contribution is -2.22. The summed E-state index contributed by atoms with van der Waals surface area (Å²) in [6, 6.07) is 0.402. The standard InChI is InChI=1S/C11H21N3O2/c1-7(2)10(15-5)11-13-9(16-14-11)6-12-8(3)4/h7-8,10,12H,6H2,1-5H3. The predicted molar refractivity (Wildman–Crippen MR) is 60.9 cm³/mol. The van der Waals surface area contributed by atoms with E-state index in [0.717, 1.165) is 0 Å². The molecule has 1 aromatic heterocycles. The van der Waals surface area contributed by atoms with Crippen molar-refractivity contribution in [1.82, 2.24) is 15.5 Å². The Bertz CT molecular complexity index is 310. The van der Waals surface area contributed by atoms with Gasteiger partial charge in [-0.1, -0.05) is 32.9 Å². The minimum atomic E-state index is -0.100. The summed E-state index contributed by atoms with van der Waals surface area (Å²) < 4.78 is 10.5. The molecule has 16 heavy (non-hydrogen) atoms. The number of methoxy groups -OCH3 is 1. The van der Waals surface area contributed by atoms with Crippen molar-refractivity contribution in [3.05, 3.63) is 11.7 Å². The Balaban J connectivity index is 2.62. The second-order valence-corrected chi connectivity index (χ2v) is 4.48. The van der Waals surface area contributed by atoms with Crippen molar-refractivity contribution in [2.45, 2.75) is 46.4 Å². The van der Waals surface area contributed by atoms with Crippen molar-refractivity contribution in [3.63, 3.8) is 0 Å². The molecule has 1 rings (SSSR count). The van der Waals surface area contributed by atoms with E-state index in [1.165, 1.54) is 0 Å². The topological polar surface area (TPSA) is 60.2 Å². The molecular weight excluding hydrogens is 206 g/mol. The van der Waals surface area contributed by atoms with E-state index in [1.54, 1.807) is 7.11 Å². The van der Waals surface area contributed by atoms with Crippen LogP contribution in [0.5, 0.6) is 0 Å². The number of rotatable bonds is 6. The van der Waals surface area contributed by atoms with Crippen molar-refractivity contribution >= 4 is 0 Å². The zero-order chi connectivity index (χ0) is 12.1. The molecule has 0 aliphatic heterocycles. The highest BCUT2D eigenvalue weighted by molar-refractivity contribution is 4.92. The summed E-state index contributed by atoms with van der Waals surface area (Å²) in [4.78, 5) is 4.31. The van der Waals surface area contributed by atoms with Crippen LogP contribution >= 0.6 is 0 Å². The molecule has 1 N–H and O–H groups in total. The molecule has 1 heterocycles. The minimum absolute atomic E-state index is 0.100. The number of nitrogens with zero attached hydrogens (tertiary/aromatic N) is 2. The maximum atomic E-state index is 5.33. The van der Waals surface area contributed by atoms with Gasteiger partial charge in [-0.15, -0.1) is 0 Å². The summed E-state index contributed by atoms with van der Waals surface area (Å²) in [7, 11) is 1.66. The minimum Gasteiger partial charge on any atom is -0.373 e. The van der Waals surface area contributed by atoms with Gasteiger partial charge in [0, 0.05) is 13.2 Å². The van der Waals surface area contributed by atoms with Crippen LogP contribution in [0.2, 0.25) is 0 Å². The lowest BCUT2D eigenvalue weighted by Gasteiger charge is -2.14. The van der Waals surface area contributed by atoms with Crippen LogP contribution in [-0.4, -0.2) is 23.3 Å². The van der Waals surface area contributed by atoms with Crippen molar-refractivity contribution in [2.24, 2.45) is 5.92 Å². The molecule has 1 unspecified atom stereocenters. The molecule has 0 amide bonds. The van der Waals surface area contributed by atoms with Gasteiger partial charge in [0.05, 0.1) is 6.54 Å². The van der Waals surface area contributed by atoms with Crippen LogP contribution < -0.4 is 5.32 Å². The number of hydrogen-bond acceptors (Lipinski definition) is 5. The number of ether oxygens (including phenoxy) is 1. The first-order valence-corrected chi connectivity index (χ1v) is 5.63. The Hall–Kier alpha value is -0.940. The van der Waals surface area contributed by atoms with Crippen molar-refractivity contribution < 1.29 is 9.26 Å². The fraction of sp³-hybridized carbons (Fsp3) is 0.818. The fourth-order valence-corrected chi connectivity index (χ4v) is 1.42. The number of aromatic nitrogens is 2. The molecule has 0 saturated carbocycles. The summed E-state index contributed by atoms with van der Waals surface area (Å²) in [5, 5.41) is 7.16. The maximum absolute atomic E-state index is 5.33. The van der Waals surface area contributed by atoms with Gasteiger partial charge in [0.25, 0.3) is 0 Å². The van der Waals surface area contributed by atoms with Gasteiger partial charge >= 0.3 is 0 Å². The van der Waals surface area contributed by atoms with Crippen LogP contribution in [0.3, 0.4) is 0 Å². The third kappa shape index (κ3) is 3.57. The number of nitrogens with one attached hydrogen (secondary N) is 1. The molecule has 5 nitrogen and oxygen atoms in total. The Morgan fingerprint density at radius 2 is 2.00 bits per heavy atom. The molecule has 1 aromatic rings. The third-order valence-electron chi connectivity index (χ3n) is 2.26. The van der Waals surface area contributed by atoms with Gasteiger partial charge in [0.15, 0.2) is 0 Å². The zero-order valence-corrected chi connectivity index (χ0v) is 10.7. The van der Waals surface area contributed by atoms with Crippen LogP contribution in [0.4, 0.5) is 0 Å². The van der Waals surface area contributed by atoms with E-state index in [0.29, 0.717) is 30.2 Å². The van der Waals surface area contributed by atoms with Crippen LogP contribution in [0, 0.1) is 5.92 Å². The molecule has 0 aliphatic rings. The SMILES string of the molecule is COC(c1noc(CNC(C)C)n1)C(C)C. The maximum Gasteiger partial charge on any atom is 0.240 e. The van der Waals surface area contributed by atoms with Gasteiger partial charge in [0.1, 0.15) is 6.10 Å². The molecule has 0 bridgehead atoms. The average molecular weight is 227 g/mol. The largest absolute Gasteiger partial charge is 0.373 e. The molecule has 0 radical (unpaired) electrons. The van der Waals surface area contributed by atoms with E-state index >= 15 is 0 Å². The van der Waals surface area contributed by atoms with Crippen LogP contribution in [0.15, 0.2) is 4.52 Å². The first-order valence-electron chi connectivity index (χ1n) is 5.63. The smallest absolute Gasteiger partial charge is 0.240 e. The fourth-order valence-electron chi connectivity index (χ4n) is 1.42. The lowest BCUT2D eigenvalue weighted by molar-refractivity contribution is 0.0555. The van der Waals surface area contributed by atoms with E-state index in [-0.39, 0.29) is 6.10 Å². The molecular formula is C11H21N3O2. The van der Waals surface area contributed by atoms with Crippen molar-refractivity contribution in [1.29, 1.82) is 0 Å².